The highest BCUT2D eigenvalue weighted by Gasteiger charge is 2.14. The number of benzene rings is 1. The van der Waals surface area contributed by atoms with E-state index in [2.05, 4.69) is 15.5 Å². The van der Waals surface area contributed by atoms with Crippen molar-refractivity contribution in [3.63, 3.8) is 0 Å². The molecule has 0 aliphatic heterocycles. The van der Waals surface area contributed by atoms with Gasteiger partial charge in [-0.05, 0) is 19.1 Å². The lowest BCUT2D eigenvalue weighted by atomic mass is 10.1. The minimum absolute atomic E-state index is 0.0510. The number of nitro benzene ring substituents is 1. The quantitative estimate of drug-likeness (QED) is 0.644. The Bertz CT molecular complexity index is 656. The largest absolute Gasteiger partial charge is 0.381 e. The first kappa shape index (κ1) is 12.6. The fourth-order valence-corrected chi connectivity index (χ4v) is 1.64. The first-order chi connectivity index (χ1) is 9.11. The maximum atomic E-state index is 10.8. The summed E-state index contributed by atoms with van der Waals surface area (Å²) in [5.41, 5.74) is 2.36. The Kier molecular flexibility index (Phi) is 3.43. The minimum Gasteiger partial charge on any atom is -0.381 e. The molecule has 1 heterocycles. The van der Waals surface area contributed by atoms with Gasteiger partial charge in [0.25, 0.3) is 5.69 Å². The number of aromatic amines is 1. The first-order valence-corrected chi connectivity index (χ1v) is 5.53. The van der Waals surface area contributed by atoms with Gasteiger partial charge in [0.2, 0.25) is 0 Å². The van der Waals surface area contributed by atoms with Crippen molar-refractivity contribution < 1.29 is 4.92 Å². The van der Waals surface area contributed by atoms with E-state index in [-0.39, 0.29) is 11.3 Å². The number of nitrogens with zero attached hydrogens (tertiary/aromatic N) is 3. The van der Waals surface area contributed by atoms with Gasteiger partial charge in [0.1, 0.15) is 11.6 Å². The molecule has 2 aromatic rings. The Hall–Kier alpha value is -2.88. The van der Waals surface area contributed by atoms with Gasteiger partial charge in [-0.2, -0.15) is 10.4 Å². The third kappa shape index (κ3) is 2.69. The van der Waals surface area contributed by atoms with Gasteiger partial charge in [0.05, 0.1) is 11.1 Å². The molecular formula is C12H11N5O2. The highest BCUT2D eigenvalue weighted by Crippen LogP contribution is 2.23. The van der Waals surface area contributed by atoms with E-state index in [1.165, 1.54) is 12.1 Å². The second-order valence-electron chi connectivity index (χ2n) is 3.97. The SMILES string of the molecule is Cc1[nH]ncc1CNc1ccc(C#N)c([N+](=O)[O-])c1. The number of aryl methyl sites for hydroxylation is 1. The van der Waals surface area contributed by atoms with Crippen molar-refractivity contribution in [3.05, 3.63) is 51.3 Å². The number of hydrogen-bond acceptors (Lipinski definition) is 5. The molecule has 0 fully saturated rings. The standard InChI is InChI=1S/C12H11N5O2/c1-8-10(7-15-16-8)6-14-11-3-2-9(5-13)12(4-11)17(18)19/h2-4,7,14H,6H2,1H3,(H,15,16). The molecule has 0 aliphatic rings. The second kappa shape index (κ2) is 5.18. The van der Waals surface area contributed by atoms with Crippen molar-refractivity contribution in [3.8, 4) is 6.07 Å². The summed E-state index contributed by atoms with van der Waals surface area (Å²) in [5, 5.41) is 29.4. The van der Waals surface area contributed by atoms with E-state index in [0.29, 0.717) is 12.2 Å². The van der Waals surface area contributed by atoms with E-state index in [1.807, 2.05) is 6.92 Å². The average molecular weight is 257 g/mol. The molecule has 7 nitrogen and oxygen atoms in total. The fraction of sp³-hybridized carbons (Fsp3) is 0.167. The van der Waals surface area contributed by atoms with Gasteiger partial charge in [-0.15, -0.1) is 0 Å². The summed E-state index contributed by atoms with van der Waals surface area (Å²) in [6, 6.07) is 6.23. The third-order valence-corrected chi connectivity index (χ3v) is 2.73. The van der Waals surface area contributed by atoms with Gasteiger partial charge >= 0.3 is 0 Å². The number of aromatic nitrogens is 2. The Morgan fingerprint density at radius 2 is 2.37 bits per heavy atom. The van der Waals surface area contributed by atoms with Crippen LogP contribution in [0.5, 0.6) is 0 Å². The highest BCUT2D eigenvalue weighted by molar-refractivity contribution is 5.59. The van der Waals surface area contributed by atoms with E-state index in [0.717, 1.165) is 11.3 Å². The van der Waals surface area contributed by atoms with E-state index < -0.39 is 4.92 Å². The molecule has 1 aromatic heterocycles. The van der Waals surface area contributed by atoms with E-state index in [4.69, 9.17) is 5.26 Å². The fourth-order valence-electron chi connectivity index (χ4n) is 1.64. The zero-order valence-corrected chi connectivity index (χ0v) is 10.2. The molecule has 0 bridgehead atoms. The van der Waals surface area contributed by atoms with Gasteiger partial charge in [-0.25, -0.2) is 0 Å². The maximum absolute atomic E-state index is 10.8. The molecule has 19 heavy (non-hydrogen) atoms. The smallest absolute Gasteiger partial charge is 0.289 e. The van der Waals surface area contributed by atoms with Crippen LogP contribution in [0.1, 0.15) is 16.8 Å². The van der Waals surface area contributed by atoms with Crippen LogP contribution >= 0.6 is 0 Å². The number of nitrogens with one attached hydrogen (secondary N) is 2. The van der Waals surface area contributed by atoms with Crippen LogP contribution in [0.3, 0.4) is 0 Å². The number of H-pyrrole nitrogens is 1. The molecule has 96 valence electrons. The topological polar surface area (TPSA) is 108 Å². The van der Waals surface area contributed by atoms with E-state index >= 15 is 0 Å². The summed E-state index contributed by atoms with van der Waals surface area (Å²) in [5.74, 6) is 0. The van der Waals surface area contributed by atoms with Gasteiger partial charge in [0.15, 0.2) is 0 Å². The number of nitriles is 1. The highest BCUT2D eigenvalue weighted by atomic mass is 16.6. The Morgan fingerprint density at radius 3 is 2.95 bits per heavy atom. The van der Waals surface area contributed by atoms with Crippen LogP contribution in [-0.4, -0.2) is 15.1 Å². The van der Waals surface area contributed by atoms with E-state index in [1.54, 1.807) is 18.3 Å². The molecule has 0 atom stereocenters. The van der Waals surface area contributed by atoms with Crippen molar-refractivity contribution >= 4 is 11.4 Å². The van der Waals surface area contributed by atoms with Crippen LogP contribution in [0, 0.1) is 28.4 Å². The van der Waals surface area contributed by atoms with E-state index in [9.17, 15) is 10.1 Å². The predicted octanol–water partition coefficient (Wildman–Crippen LogP) is 2.11. The van der Waals surface area contributed by atoms with Crippen LogP contribution in [-0.2, 0) is 6.54 Å². The molecular weight excluding hydrogens is 246 g/mol. The minimum atomic E-state index is -0.563. The van der Waals surface area contributed by atoms with Crippen LogP contribution in [0.25, 0.3) is 0 Å². The Balaban J connectivity index is 2.18. The molecule has 0 radical (unpaired) electrons. The summed E-state index contributed by atoms with van der Waals surface area (Å²) >= 11 is 0. The lowest BCUT2D eigenvalue weighted by molar-refractivity contribution is -0.385. The zero-order valence-electron chi connectivity index (χ0n) is 10.2. The van der Waals surface area contributed by atoms with Crippen molar-refractivity contribution in [2.45, 2.75) is 13.5 Å². The van der Waals surface area contributed by atoms with Crippen molar-refractivity contribution in [1.82, 2.24) is 10.2 Å². The van der Waals surface area contributed by atoms with Crippen molar-refractivity contribution in [2.75, 3.05) is 5.32 Å². The maximum Gasteiger partial charge on any atom is 0.289 e. The molecule has 0 aliphatic carbocycles. The summed E-state index contributed by atoms with van der Waals surface area (Å²) in [6.45, 7) is 2.40. The summed E-state index contributed by atoms with van der Waals surface area (Å²) in [4.78, 5) is 10.3. The number of rotatable bonds is 4. The second-order valence-corrected chi connectivity index (χ2v) is 3.97. The molecule has 1 aromatic carbocycles. The van der Waals surface area contributed by atoms with Gasteiger partial charge in [-0.1, -0.05) is 0 Å². The van der Waals surface area contributed by atoms with Gasteiger partial charge in [0, 0.05) is 29.6 Å². The Labute approximate surface area is 109 Å². The van der Waals surface area contributed by atoms with Crippen molar-refractivity contribution in [2.24, 2.45) is 0 Å². The summed E-state index contributed by atoms with van der Waals surface area (Å²) in [7, 11) is 0. The predicted molar refractivity (Wildman–Crippen MR) is 68.5 cm³/mol. The molecule has 0 spiro atoms. The summed E-state index contributed by atoms with van der Waals surface area (Å²) in [6.07, 6.45) is 1.69. The molecule has 2 N–H and O–H groups in total. The van der Waals surface area contributed by atoms with Crippen LogP contribution in [0.15, 0.2) is 24.4 Å². The normalized spacial score (nSPS) is 9.89. The number of anilines is 1. The monoisotopic (exact) mass is 257 g/mol. The molecule has 0 unspecified atom stereocenters. The molecule has 0 saturated heterocycles. The third-order valence-electron chi connectivity index (χ3n) is 2.73. The average Bonchev–Trinajstić information content (AvgIpc) is 2.81. The van der Waals surface area contributed by atoms with Crippen LogP contribution < -0.4 is 5.32 Å². The molecule has 0 saturated carbocycles. The zero-order chi connectivity index (χ0) is 13.8. The summed E-state index contributed by atoms with van der Waals surface area (Å²) < 4.78 is 0. The Morgan fingerprint density at radius 1 is 1.58 bits per heavy atom. The van der Waals surface area contributed by atoms with Crippen molar-refractivity contribution in [1.29, 1.82) is 5.26 Å². The molecule has 2 rings (SSSR count). The van der Waals surface area contributed by atoms with Gasteiger partial charge < -0.3 is 5.32 Å². The molecule has 7 heteroatoms. The van der Waals surface area contributed by atoms with Crippen LogP contribution in [0.4, 0.5) is 11.4 Å². The van der Waals surface area contributed by atoms with Crippen LogP contribution in [0.2, 0.25) is 0 Å². The lowest BCUT2D eigenvalue weighted by Crippen LogP contribution is -2.01. The number of nitro groups is 1. The number of hydrogen-bond donors (Lipinski definition) is 2. The first-order valence-electron chi connectivity index (χ1n) is 5.53. The lowest BCUT2D eigenvalue weighted by Gasteiger charge is -2.06. The van der Waals surface area contributed by atoms with Gasteiger partial charge in [-0.3, -0.25) is 15.2 Å². The molecule has 0 amide bonds.